The first-order chi connectivity index (χ1) is 11.2. The van der Waals surface area contributed by atoms with Crippen LogP contribution in [-0.2, 0) is 4.74 Å². The minimum atomic E-state index is -0.856. The van der Waals surface area contributed by atoms with Crippen molar-refractivity contribution in [2.45, 2.75) is 65.8 Å². The SMILES string of the molecule is CC(C)C1=CC2C3CC4C(C)(C)CCCC4(C(O)O3)C2C(O)=C1O. The Bertz CT molecular complexity index is 617. The molecule has 0 aromatic rings. The van der Waals surface area contributed by atoms with Gasteiger partial charge in [-0.3, -0.25) is 0 Å². The maximum Gasteiger partial charge on any atom is 0.161 e. The molecular formula is C20H30O4. The molecule has 5 aliphatic rings. The lowest BCUT2D eigenvalue weighted by Gasteiger charge is -2.67. The van der Waals surface area contributed by atoms with Crippen molar-refractivity contribution in [2.24, 2.45) is 34.5 Å². The largest absolute Gasteiger partial charge is 0.508 e. The van der Waals surface area contributed by atoms with Crippen LogP contribution in [0.5, 0.6) is 0 Å². The van der Waals surface area contributed by atoms with Gasteiger partial charge in [-0.05, 0) is 42.1 Å². The summed E-state index contributed by atoms with van der Waals surface area (Å²) in [4.78, 5) is 0. The van der Waals surface area contributed by atoms with E-state index in [9.17, 15) is 15.3 Å². The molecule has 3 aliphatic carbocycles. The Morgan fingerprint density at radius 2 is 1.92 bits per heavy atom. The molecule has 5 rings (SSSR count). The molecule has 134 valence electrons. The van der Waals surface area contributed by atoms with E-state index >= 15 is 0 Å². The highest BCUT2D eigenvalue weighted by Crippen LogP contribution is 2.68. The standard InChI is InChI=1S/C20H30O4/c1-10(2)11-8-12-13-9-14-19(3,4)6-5-7-20(14,18(23)24-13)15(12)17(22)16(11)21/h8,10,12-15,18,21-23H,5-7,9H2,1-4H3. The zero-order valence-electron chi connectivity index (χ0n) is 15.1. The third-order valence-corrected chi connectivity index (χ3v) is 7.45. The number of allylic oxidation sites excluding steroid dienone is 2. The summed E-state index contributed by atoms with van der Waals surface area (Å²) in [6, 6.07) is 0. The summed E-state index contributed by atoms with van der Waals surface area (Å²) >= 11 is 0. The number of fused-ring (bicyclic) bond motifs is 1. The second-order valence-electron chi connectivity index (χ2n) is 9.34. The number of hydrogen-bond donors (Lipinski definition) is 3. The summed E-state index contributed by atoms with van der Waals surface area (Å²) in [7, 11) is 0. The quantitative estimate of drug-likeness (QED) is 0.676. The van der Waals surface area contributed by atoms with Crippen LogP contribution in [-0.4, -0.2) is 27.7 Å². The van der Waals surface area contributed by atoms with E-state index in [4.69, 9.17) is 4.74 Å². The van der Waals surface area contributed by atoms with Gasteiger partial charge in [0, 0.05) is 17.3 Å². The maximum atomic E-state index is 11.0. The Morgan fingerprint density at radius 3 is 2.58 bits per heavy atom. The molecular weight excluding hydrogens is 304 g/mol. The van der Waals surface area contributed by atoms with E-state index in [1.54, 1.807) is 0 Å². The van der Waals surface area contributed by atoms with Crippen LogP contribution >= 0.6 is 0 Å². The van der Waals surface area contributed by atoms with Crippen LogP contribution in [0, 0.1) is 34.5 Å². The summed E-state index contributed by atoms with van der Waals surface area (Å²) in [5.74, 6) is 0.384. The lowest BCUT2D eigenvalue weighted by molar-refractivity contribution is -0.344. The Labute approximate surface area is 144 Å². The van der Waals surface area contributed by atoms with Crippen molar-refractivity contribution in [3.8, 4) is 0 Å². The third kappa shape index (κ3) is 1.87. The van der Waals surface area contributed by atoms with Gasteiger partial charge in [0.25, 0.3) is 0 Å². The second kappa shape index (κ2) is 5.01. The molecule has 3 N–H and O–H groups in total. The number of rotatable bonds is 1. The molecule has 2 heterocycles. The van der Waals surface area contributed by atoms with Crippen molar-refractivity contribution in [1.29, 1.82) is 0 Å². The van der Waals surface area contributed by atoms with E-state index in [0.29, 0.717) is 5.92 Å². The predicted molar refractivity (Wildman–Crippen MR) is 91.2 cm³/mol. The molecule has 0 aromatic heterocycles. The monoisotopic (exact) mass is 334 g/mol. The fourth-order valence-electron chi connectivity index (χ4n) is 6.37. The highest BCUT2D eigenvalue weighted by Gasteiger charge is 2.69. The van der Waals surface area contributed by atoms with Crippen molar-refractivity contribution in [2.75, 3.05) is 0 Å². The van der Waals surface area contributed by atoms with Gasteiger partial charge >= 0.3 is 0 Å². The van der Waals surface area contributed by atoms with Crippen molar-refractivity contribution in [1.82, 2.24) is 0 Å². The molecule has 2 aliphatic heterocycles. The molecule has 6 unspecified atom stereocenters. The fourth-order valence-corrected chi connectivity index (χ4v) is 6.37. The van der Waals surface area contributed by atoms with E-state index in [-0.39, 0.29) is 40.8 Å². The molecule has 0 aromatic carbocycles. The zero-order chi connectivity index (χ0) is 17.4. The Balaban J connectivity index is 1.87. The first kappa shape index (κ1) is 16.5. The number of aliphatic hydroxyl groups excluding tert-OH is 3. The van der Waals surface area contributed by atoms with Gasteiger partial charge in [0.1, 0.15) is 5.76 Å². The van der Waals surface area contributed by atoms with Crippen molar-refractivity contribution < 1.29 is 20.1 Å². The van der Waals surface area contributed by atoms with E-state index in [0.717, 1.165) is 31.3 Å². The molecule has 4 heteroatoms. The summed E-state index contributed by atoms with van der Waals surface area (Å²) in [5.41, 5.74) is 0.435. The Hall–Kier alpha value is -1.00. The highest BCUT2D eigenvalue weighted by atomic mass is 16.6. The smallest absolute Gasteiger partial charge is 0.161 e. The predicted octanol–water partition coefficient (Wildman–Crippen LogP) is 4.08. The average molecular weight is 334 g/mol. The molecule has 24 heavy (non-hydrogen) atoms. The van der Waals surface area contributed by atoms with Crippen LogP contribution in [0.25, 0.3) is 0 Å². The van der Waals surface area contributed by atoms with Crippen LogP contribution in [0.3, 0.4) is 0 Å². The van der Waals surface area contributed by atoms with E-state index in [2.05, 4.69) is 19.9 Å². The van der Waals surface area contributed by atoms with Crippen LogP contribution in [0.1, 0.15) is 53.4 Å². The first-order valence-corrected chi connectivity index (χ1v) is 9.38. The average Bonchev–Trinajstić information content (AvgIpc) is 2.50. The number of aliphatic hydroxyl groups is 3. The fraction of sp³-hybridized carbons (Fsp3) is 0.800. The Morgan fingerprint density at radius 1 is 1.21 bits per heavy atom. The van der Waals surface area contributed by atoms with Gasteiger partial charge in [-0.15, -0.1) is 0 Å². The minimum absolute atomic E-state index is 0.0301. The lowest BCUT2D eigenvalue weighted by atomic mass is 9.42. The van der Waals surface area contributed by atoms with E-state index in [1.807, 2.05) is 13.8 Å². The molecule has 6 atom stereocenters. The molecule has 2 bridgehead atoms. The molecule has 4 nitrogen and oxygen atoms in total. The van der Waals surface area contributed by atoms with Crippen LogP contribution in [0.15, 0.2) is 23.2 Å². The molecule has 0 amide bonds. The maximum absolute atomic E-state index is 11.0. The Kier molecular flexibility index (Phi) is 3.44. The van der Waals surface area contributed by atoms with Crippen molar-refractivity contribution >= 4 is 0 Å². The lowest BCUT2D eigenvalue weighted by Crippen LogP contribution is -2.68. The normalized spacial score (nSPS) is 46.6. The van der Waals surface area contributed by atoms with Gasteiger partial charge in [0.05, 0.1) is 6.10 Å². The topological polar surface area (TPSA) is 69.9 Å². The molecule has 2 saturated heterocycles. The van der Waals surface area contributed by atoms with E-state index < -0.39 is 11.7 Å². The second-order valence-corrected chi connectivity index (χ2v) is 9.34. The third-order valence-electron chi connectivity index (χ3n) is 7.45. The molecule has 1 spiro atoms. The zero-order valence-corrected chi connectivity index (χ0v) is 15.1. The van der Waals surface area contributed by atoms with Gasteiger partial charge in [-0.2, -0.15) is 0 Å². The summed E-state index contributed by atoms with van der Waals surface area (Å²) in [5, 5.41) is 32.5. The highest BCUT2D eigenvalue weighted by molar-refractivity contribution is 5.39. The van der Waals surface area contributed by atoms with Crippen molar-refractivity contribution in [3.63, 3.8) is 0 Å². The number of ether oxygens (including phenoxy) is 1. The van der Waals surface area contributed by atoms with Gasteiger partial charge in [0.15, 0.2) is 12.0 Å². The first-order valence-electron chi connectivity index (χ1n) is 9.38. The summed E-state index contributed by atoms with van der Waals surface area (Å²) in [6.45, 7) is 8.61. The summed E-state index contributed by atoms with van der Waals surface area (Å²) < 4.78 is 6.02. The molecule has 4 fully saturated rings. The molecule has 0 radical (unpaired) electrons. The van der Waals surface area contributed by atoms with Crippen molar-refractivity contribution in [3.05, 3.63) is 23.2 Å². The van der Waals surface area contributed by atoms with Crippen LogP contribution in [0.2, 0.25) is 0 Å². The summed E-state index contributed by atoms with van der Waals surface area (Å²) in [6.07, 6.45) is 5.11. The van der Waals surface area contributed by atoms with Crippen LogP contribution in [0.4, 0.5) is 0 Å². The minimum Gasteiger partial charge on any atom is -0.508 e. The molecule has 2 saturated carbocycles. The van der Waals surface area contributed by atoms with Gasteiger partial charge in [-0.1, -0.05) is 40.2 Å². The van der Waals surface area contributed by atoms with Gasteiger partial charge < -0.3 is 20.1 Å². The van der Waals surface area contributed by atoms with E-state index in [1.165, 1.54) is 0 Å². The van der Waals surface area contributed by atoms with Gasteiger partial charge in [-0.25, -0.2) is 0 Å². The van der Waals surface area contributed by atoms with Crippen LogP contribution < -0.4 is 0 Å². The van der Waals surface area contributed by atoms with Gasteiger partial charge in [0.2, 0.25) is 0 Å². The number of hydrogen-bond acceptors (Lipinski definition) is 4.